The van der Waals surface area contributed by atoms with Crippen LogP contribution in [0.1, 0.15) is 20.8 Å². The molecule has 0 aromatic heterocycles. The van der Waals surface area contributed by atoms with E-state index in [-0.39, 0.29) is 0 Å². The van der Waals surface area contributed by atoms with Crippen molar-refractivity contribution in [3.63, 3.8) is 0 Å². The quantitative estimate of drug-likeness (QED) is 0.655. The molecule has 1 atom stereocenters. The van der Waals surface area contributed by atoms with Gasteiger partial charge in [0.1, 0.15) is 0 Å². The maximum absolute atomic E-state index is 5.73. The van der Waals surface area contributed by atoms with Gasteiger partial charge in [-0.15, -0.1) is 0 Å². The molecule has 1 rings (SSSR count). The summed E-state index contributed by atoms with van der Waals surface area (Å²) in [5.74, 6) is 0.683. The van der Waals surface area contributed by atoms with Crippen molar-refractivity contribution < 1.29 is 8.85 Å². The van der Waals surface area contributed by atoms with Crippen LogP contribution in [0.25, 0.3) is 0 Å². The Hall–Kier alpha value is 0.0569. The maximum Gasteiger partial charge on any atom is 0.321 e. The summed E-state index contributed by atoms with van der Waals surface area (Å²) in [6.07, 6.45) is 0. The second-order valence-electron chi connectivity index (χ2n) is 4.73. The molecule has 102 valence electrons. The van der Waals surface area contributed by atoms with E-state index < -0.39 is 9.28 Å². The third-order valence-electron chi connectivity index (χ3n) is 3.08. The van der Waals surface area contributed by atoms with Crippen LogP contribution >= 0.6 is 0 Å². The second kappa shape index (κ2) is 9.05. The highest BCUT2D eigenvalue weighted by Crippen LogP contribution is 2.11. The van der Waals surface area contributed by atoms with Gasteiger partial charge in [-0.3, -0.25) is 0 Å². The molecule has 0 saturated carbocycles. The van der Waals surface area contributed by atoms with Crippen LogP contribution in [0.4, 0.5) is 0 Å². The van der Waals surface area contributed by atoms with Crippen molar-refractivity contribution in [2.45, 2.75) is 26.8 Å². The largest absolute Gasteiger partial charge is 0.397 e. The van der Waals surface area contributed by atoms with Gasteiger partial charge < -0.3 is 19.1 Å². The summed E-state index contributed by atoms with van der Waals surface area (Å²) in [6, 6.07) is 1.13. The molecule has 0 aliphatic carbocycles. The van der Waals surface area contributed by atoms with Gasteiger partial charge in [-0.05, 0) is 25.8 Å². The molecule has 17 heavy (non-hydrogen) atoms. The van der Waals surface area contributed by atoms with E-state index in [2.05, 4.69) is 31.0 Å². The summed E-state index contributed by atoms with van der Waals surface area (Å²) in [6.45, 7) is 13.8. The molecule has 0 spiro atoms. The first-order valence-corrected chi connectivity index (χ1v) is 8.68. The van der Waals surface area contributed by atoms with Gasteiger partial charge in [-0.1, -0.05) is 6.92 Å². The number of hydrogen-bond donors (Lipinski definition) is 1. The minimum absolute atomic E-state index is 0.683. The number of nitrogens with one attached hydrogen (secondary N) is 1. The van der Waals surface area contributed by atoms with E-state index in [0.29, 0.717) is 5.92 Å². The zero-order valence-electron chi connectivity index (χ0n) is 11.6. The van der Waals surface area contributed by atoms with Crippen molar-refractivity contribution in [2.75, 3.05) is 45.9 Å². The molecule has 1 N–H and O–H groups in total. The molecule has 0 amide bonds. The van der Waals surface area contributed by atoms with E-state index in [1.54, 1.807) is 0 Å². The van der Waals surface area contributed by atoms with E-state index in [1.165, 1.54) is 19.6 Å². The molecule has 0 aromatic rings. The highest BCUT2D eigenvalue weighted by molar-refractivity contribution is 6.44. The Labute approximate surface area is 108 Å². The standard InChI is InChI=1S/C12H28N2O2Si/c1-4-15-17(16-5-2)11-12(3)10-14-8-6-13-7-9-14/h12-13,17H,4-11H2,1-3H3. The summed E-state index contributed by atoms with van der Waals surface area (Å²) in [4.78, 5) is 2.55. The first-order chi connectivity index (χ1) is 8.26. The summed E-state index contributed by atoms with van der Waals surface area (Å²) in [5.41, 5.74) is 0. The highest BCUT2D eigenvalue weighted by atomic mass is 28.3. The molecule has 1 heterocycles. The molecule has 0 bridgehead atoms. The monoisotopic (exact) mass is 260 g/mol. The van der Waals surface area contributed by atoms with E-state index >= 15 is 0 Å². The molecule has 1 saturated heterocycles. The Balaban J connectivity index is 2.22. The van der Waals surface area contributed by atoms with Crippen LogP contribution in [0.3, 0.4) is 0 Å². The average Bonchev–Trinajstić information content (AvgIpc) is 2.30. The lowest BCUT2D eigenvalue weighted by molar-refractivity contribution is 0.190. The lowest BCUT2D eigenvalue weighted by Gasteiger charge is -2.30. The van der Waals surface area contributed by atoms with Crippen LogP contribution < -0.4 is 5.32 Å². The molecular weight excluding hydrogens is 232 g/mol. The number of hydrogen-bond acceptors (Lipinski definition) is 4. The predicted molar refractivity (Wildman–Crippen MR) is 73.7 cm³/mol. The smallest absolute Gasteiger partial charge is 0.321 e. The fourth-order valence-corrected chi connectivity index (χ4v) is 4.21. The van der Waals surface area contributed by atoms with Gasteiger partial charge >= 0.3 is 9.28 Å². The SMILES string of the molecule is CCO[SiH](CC(C)CN1CCNCC1)OCC. The summed E-state index contributed by atoms with van der Waals surface area (Å²) in [5, 5.41) is 3.39. The Kier molecular flexibility index (Phi) is 8.05. The molecule has 0 aromatic carbocycles. The van der Waals surface area contributed by atoms with Gasteiger partial charge in [0.25, 0.3) is 0 Å². The number of piperazine rings is 1. The zero-order chi connectivity index (χ0) is 12.5. The van der Waals surface area contributed by atoms with Crippen molar-refractivity contribution >= 4 is 9.28 Å². The van der Waals surface area contributed by atoms with E-state index in [4.69, 9.17) is 8.85 Å². The second-order valence-corrected chi connectivity index (χ2v) is 6.73. The highest BCUT2D eigenvalue weighted by Gasteiger charge is 2.19. The van der Waals surface area contributed by atoms with Gasteiger partial charge in [0.15, 0.2) is 0 Å². The maximum atomic E-state index is 5.73. The third kappa shape index (κ3) is 6.52. The third-order valence-corrected chi connectivity index (χ3v) is 5.68. The van der Waals surface area contributed by atoms with Gasteiger partial charge in [0.2, 0.25) is 0 Å². The fraction of sp³-hybridized carbons (Fsp3) is 1.00. The molecule has 1 unspecified atom stereocenters. The topological polar surface area (TPSA) is 33.7 Å². The Morgan fingerprint density at radius 1 is 1.18 bits per heavy atom. The fourth-order valence-electron chi connectivity index (χ4n) is 2.29. The molecule has 1 fully saturated rings. The molecule has 5 heteroatoms. The first-order valence-electron chi connectivity index (χ1n) is 6.92. The van der Waals surface area contributed by atoms with Crippen molar-refractivity contribution in [3.8, 4) is 0 Å². The van der Waals surface area contributed by atoms with Gasteiger partial charge in [-0.25, -0.2) is 0 Å². The predicted octanol–water partition coefficient (Wildman–Crippen LogP) is 0.821. The van der Waals surface area contributed by atoms with Crippen LogP contribution in [-0.2, 0) is 8.85 Å². The zero-order valence-corrected chi connectivity index (χ0v) is 12.7. The van der Waals surface area contributed by atoms with E-state index in [1.807, 2.05) is 0 Å². The number of rotatable bonds is 8. The van der Waals surface area contributed by atoms with Gasteiger partial charge in [0.05, 0.1) is 0 Å². The first kappa shape index (κ1) is 15.1. The minimum atomic E-state index is -1.41. The van der Waals surface area contributed by atoms with Crippen LogP contribution in [-0.4, -0.2) is 60.1 Å². The Morgan fingerprint density at radius 3 is 2.29 bits per heavy atom. The summed E-state index contributed by atoms with van der Waals surface area (Å²) < 4.78 is 11.5. The molecule has 4 nitrogen and oxygen atoms in total. The normalized spacial score (nSPS) is 19.8. The van der Waals surface area contributed by atoms with Gasteiger partial charge in [-0.2, -0.15) is 0 Å². The van der Waals surface area contributed by atoms with Crippen LogP contribution in [0.15, 0.2) is 0 Å². The van der Waals surface area contributed by atoms with Crippen molar-refractivity contribution in [3.05, 3.63) is 0 Å². The van der Waals surface area contributed by atoms with Crippen molar-refractivity contribution in [1.82, 2.24) is 10.2 Å². The van der Waals surface area contributed by atoms with E-state index in [9.17, 15) is 0 Å². The average molecular weight is 260 g/mol. The molecule has 1 aliphatic rings. The van der Waals surface area contributed by atoms with Crippen LogP contribution in [0.5, 0.6) is 0 Å². The number of nitrogens with zero attached hydrogens (tertiary/aromatic N) is 1. The lowest BCUT2D eigenvalue weighted by Crippen LogP contribution is -2.45. The lowest BCUT2D eigenvalue weighted by atomic mass is 10.2. The molecular formula is C12H28N2O2Si. The summed E-state index contributed by atoms with van der Waals surface area (Å²) in [7, 11) is -1.41. The van der Waals surface area contributed by atoms with Crippen molar-refractivity contribution in [2.24, 2.45) is 5.92 Å². The van der Waals surface area contributed by atoms with Crippen LogP contribution in [0, 0.1) is 5.92 Å². The minimum Gasteiger partial charge on any atom is -0.397 e. The van der Waals surface area contributed by atoms with Crippen molar-refractivity contribution in [1.29, 1.82) is 0 Å². The Bertz CT molecular complexity index is 183. The molecule has 1 aliphatic heterocycles. The molecule has 0 radical (unpaired) electrons. The summed E-state index contributed by atoms with van der Waals surface area (Å²) >= 11 is 0. The van der Waals surface area contributed by atoms with E-state index in [0.717, 1.165) is 32.3 Å². The Morgan fingerprint density at radius 2 is 1.76 bits per heavy atom. The van der Waals surface area contributed by atoms with Gasteiger partial charge in [0, 0.05) is 45.9 Å². The van der Waals surface area contributed by atoms with Crippen LogP contribution in [0.2, 0.25) is 6.04 Å².